The van der Waals surface area contributed by atoms with Gasteiger partial charge in [0.2, 0.25) is 11.8 Å². The third kappa shape index (κ3) is 2.85. The number of piperidine rings is 1. The average Bonchev–Trinajstić information content (AvgIpc) is 2.40. The number of anilines is 1. The van der Waals surface area contributed by atoms with Gasteiger partial charge in [0, 0.05) is 24.2 Å². The van der Waals surface area contributed by atoms with Crippen molar-refractivity contribution >= 4 is 23.8 Å². The molecule has 0 spiro atoms. The summed E-state index contributed by atoms with van der Waals surface area (Å²) in [5.41, 5.74) is 7.63. The number of nitrogens with one attached hydrogen (secondary N) is 1. The molecule has 1 aliphatic heterocycles. The van der Waals surface area contributed by atoms with Gasteiger partial charge in [-0.15, -0.1) is 0 Å². The van der Waals surface area contributed by atoms with Crippen LogP contribution >= 0.6 is 0 Å². The number of amides is 2. The molecule has 1 fully saturated rings. The quantitative estimate of drug-likeness (QED) is 0.469. The first-order valence-electron chi connectivity index (χ1n) is 6.39. The third-order valence-corrected chi connectivity index (χ3v) is 3.53. The van der Waals surface area contributed by atoms with E-state index in [1.807, 2.05) is 0 Å². The van der Waals surface area contributed by atoms with Crippen LogP contribution in [0.25, 0.3) is 0 Å². The molecule has 1 aliphatic rings. The molecule has 1 aromatic carbocycles. The highest BCUT2D eigenvalue weighted by molar-refractivity contribution is 6.00. The van der Waals surface area contributed by atoms with Gasteiger partial charge in [-0.3, -0.25) is 24.6 Å². The minimum atomic E-state index is -0.383. The Labute approximate surface area is 116 Å². The summed E-state index contributed by atoms with van der Waals surface area (Å²) in [4.78, 5) is 35.8. The van der Waals surface area contributed by atoms with E-state index < -0.39 is 0 Å². The largest absolute Gasteiger partial charge is 0.398 e. The van der Waals surface area contributed by atoms with Crippen LogP contribution in [0.15, 0.2) is 18.2 Å². The maximum absolute atomic E-state index is 11.8. The number of hydrogen-bond acceptors (Lipinski definition) is 5. The number of likely N-dealkylation sites (N-methyl/N-ethyl adjacent to an activating group) is 1. The number of carbonyl (C=O) groups is 3. The highest BCUT2D eigenvalue weighted by atomic mass is 16.2. The molecule has 106 valence electrons. The molecule has 0 aliphatic carbocycles. The second-order valence-electron chi connectivity index (χ2n) is 4.91. The van der Waals surface area contributed by atoms with Crippen LogP contribution in [-0.2, 0) is 16.1 Å². The van der Waals surface area contributed by atoms with Crippen LogP contribution < -0.4 is 11.1 Å². The first kappa shape index (κ1) is 14.2. The molecular formula is C14H17N3O3. The van der Waals surface area contributed by atoms with Gasteiger partial charge in [0.15, 0.2) is 0 Å². The van der Waals surface area contributed by atoms with Gasteiger partial charge in [-0.2, -0.15) is 0 Å². The Morgan fingerprint density at radius 3 is 2.85 bits per heavy atom. The van der Waals surface area contributed by atoms with Crippen molar-refractivity contribution in [2.24, 2.45) is 0 Å². The van der Waals surface area contributed by atoms with Crippen LogP contribution in [0.2, 0.25) is 0 Å². The Morgan fingerprint density at radius 2 is 2.20 bits per heavy atom. The fraction of sp³-hybridized carbons (Fsp3) is 0.357. The van der Waals surface area contributed by atoms with Crippen LogP contribution in [0.1, 0.15) is 28.8 Å². The zero-order valence-corrected chi connectivity index (χ0v) is 11.3. The summed E-state index contributed by atoms with van der Waals surface area (Å²) < 4.78 is 0. The Kier molecular flexibility index (Phi) is 4.14. The number of aldehydes is 1. The van der Waals surface area contributed by atoms with E-state index in [0.717, 1.165) is 6.29 Å². The lowest BCUT2D eigenvalue weighted by Crippen LogP contribution is -2.51. The Balaban J connectivity index is 2.16. The Bertz CT molecular complexity index is 557. The molecule has 1 atom stereocenters. The summed E-state index contributed by atoms with van der Waals surface area (Å²) in [6, 6.07) is 4.75. The molecule has 2 amide bonds. The van der Waals surface area contributed by atoms with Gasteiger partial charge in [0.1, 0.15) is 6.29 Å². The summed E-state index contributed by atoms with van der Waals surface area (Å²) in [7, 11) is 1.78. The van der Waals surface area contributed by atoms with Crippen molar-refractivity contribution in [3.63, 3.8) is 0 Å². The lowest BCUT2D eigenvalue weighted by atomic mass is 10.0. The first-order chi connectivity index (χ1) is 9.52. The molecule has 1 heterocycles. The zero-order valence-electron chi connectivity index (χ0n) is 11.3. The molecule has 2 rings (SSSR count). The minimum Gasteiger partial charge on any atom is -0.398 e. The van der Waals surface area contributed by atoms with E-state index in [1.165, 1.54) is 0 Å². The van der Waals surface area contributed by atoms with Crippen LogP contribution in [0.3, 0.4) is 0 Å². The van der Waals surface area contributed by atoms with E-state index in [9.17, 15) is 14.4 Å². The third-order valence-electron chi connectivity index (χ3n) is 3.53. The number of nitrogens with two attached hydrogens (primary N) is 1. The van der Waals surface area contributed by atoms with Gasteiger partial charge in [0.25, 0.3) is 0 Å². The van der Waals surface area contributed by atoms with Crippen molar-refractivity contribution in [1.29, 1.82) is 0 Å². The molecular weight excluding hydrogens is 258 g/mol. The molecule has 3 N–H and O–H groups in total. The van der Waals surface area contributed by atoms with Crippen molar-refractivity contribution in [2.45, 2.75) is 25.4 Å². The molecule has 1 saturated heterocycles. The number of imide groups is 1. The van der Waals surface area contributed by atoms with Gasteiger partial charge in [-0.05, 0) is 25.1 Å². The second-order valence-corrected chi connectivity index (χ2v) is 4.91. The number of nitrogens with zero attached hydrogens (tertiary/aromatic N) is 1. The molecule has 6 nitrogen and oxygen atoms in total. The topological polar surface area (TPSA) is 92.5 Å². The maximum atomic E-state index is 11.8. The van der Waals surface area contributed by atoms with E-state index >= 15 is 0 Å². The van der Waals surface area contributed by atoms with Gasteiger partial charge in [-0.25, -0.2) is 0 Å². The van der Waals surface area contributed by atoms with Crippen LogP contribution in [0.4, 0.5) is 5.69 Å². The smallest absolute Gasteiger partial charge is 0.243 e. The SMILES string of the molecule is CN(Cc1c(N)cccc1C=O)C1CCC(=O)NC1=O. The lowest BCUT2D eigenvalue weighted by Gasteiger charge is -2.30. The van der Waals surface area contributed by atoms with Gasteiger partial charge in [-0.1, -0.05) is 12.1 Å². The average molecular weight is 275 g/mol. The molecule has 1 aromatic rings. The van der Waals surface area contributed by atoms with Gasteiger partial charge < -0.3 is 5.73 Å². The summed E-state index contributed by atoms with van der Waals surface area (Å²) in [5.74, 6) is -0.543. The highest BCUT2D eigenvalue weighted by Gasteiger charge is 2.30. The number of nitrogen functional groups attached to an aromatic ring is 1. The van der Waals surface area contributed by atoms with E-state index in [4.69, 9.17) is 5.73 Å². The zero-order chi connectivity index (χ0) is 14.7. The predicted octanol–water partition coefficient (Wildman–Crippen LogP) is 0.318. The summed E-state index contributed by atoms with van der Waals surface area (Å²) >= 11 is 0. The van der Waals surface area contributed by atoms with Gasteiger partial charge in [0.05, 0.1) is 6.04 Å². The number of carbonyl (C=O) groups excluding carboxylic acids is 3. The standard InChI is InChI=1S/C14H17N3O3/c1-17(12-5-6-13(19)16-14(12)20)7-10-9(8-18)3-2-4-11(10)15/h2-4,8,12H,5-7,15H2,1H3,(H,16,19,20). The summed E-state index contributed by atoms with van der Waals surface area (Å²) in [6.45, 7) is 0.382. The normalized spacial score (nSPS) is 19.0. The minimum absolute atomic E-state index is 0.243. The first-order valence-corrected chi connectivity index (χ1v) is 6.39. The molecule has 0 bridgehead atoms. The van der Waals surface area contributed by atoms with Crippen molar-refractivity contribution < 1.29 is 14.4 Å². The maximum Gasteiger partial charge on any atom is 0.243 e. The molecule has 0 saturated carbocycles. The second kappa shape index (κ2) is 5.83. The summed E-state index contributed by atoms with van der Waals surface area (Å²) in [5, 5.41) is 2.32. The molecule has 0 aromatic heterocycles. The number of rotatable bonds is 4. The van der Waals surface area contributed by atoms with Crippen LogP contribution in [0.5, 0.6) is 0 Å². The monoisotopic (exact) mass is 275 g/mol. The number of hydrogen-bond donors (Lipinski definition) is 2. The van der Waals surface area contributed by atoms with E-state index in [2.05, 4.69) is 5.32 Å². The van der Waals surface area contributed by atoms with Crippen LogP contribution in [-0.4, -0.2) is 36.1 Å². The van der Waals surface area contributed by atoms with Crippen molar-refractivity contribution in [3.8, 4) is 0 Å². The van der Waals surface area contributed by atoms with Crippen molar-refractivity contribution in [1.82, 2.24) is 10.2 Å². The number of benzene rings is 1. The van der Waals surface area contributed by atoms with E-state index in [-0.39, 0.29) is 17.9 Å². The molecule has 20 heavy (non-hydrogen) atoms. The molecule has 1 unspecified atom stereocenters. The Hall–Kier alpha value is -2.21. The van der Waals surface area contributed by atoms with Gasteiger partial charge >= 0.3 is 0 Å². The van der Waals surface area contributed by atoms with Crippen LogP contribution in [0, 0.1) is 0 Å². The van der Waals surface area contributed by atoms with E-state index in [1.54, 1.807) is 30.1 Å². The van der Waals surface area contributed by atoms with Crippen molar-refractivity contribution in [3.05, 3.63) is 29.3 Å². The highest BCUT2D eigenvalue weighted by Crippen LogP contribution is 2.20. The van der Waals surface area contributed by atoms with Crippen molar-refractivity contribution in [2.75, 3.05) is 12.8 Å². The molecule has 6 heteroatoms. The Morgan fingerprint density at radius 1 is 1.45 bits per heavy atom. The molecule has 0 radical (unpaired) electrons. The predicted molar refractivity (Wildman–Crippen MR) is 73.9 cm³/mol. The summed E-state index contributed by atoms with van der Waals surface area (Å²) in [6.07, 6.45) is 1.56. The fourth-order valence-corrected chi connectivity index (χ4v) is 2.38. The fourth-order valence-electron chi connectivity index (χ4n) is 2.38. The van der Waals surface area contributed by atoms with E-state index in [0.29, 0.717) is 36.2 Å². The lowest BCUT2D eigenvalue weighted by molar-refractivity contribution is -0.137.